The number of aromatic amines is 2. The Kier molecular flexibility index (Phi) is 3.94. The Balaban J connectivity index is 1.34. The molecule has 2 N–H and O–H groups in total. The van der Waals surface area contributed by atoms with Gasteiger partial charge in [0.1, 0.15) is 11.3 Å². The van der Waals surface area contributed by atoms with Crippen LogP contribution in [-0.2, 0) is 16.8 Å². The molecule has 2 aliphatic rings. The third-order valence-corrected chi connectivity index (χ3v) is 5.75. The second kappa shape index (κ2) is 6.49. The number of nitrogens with one attached hydrogen (secondary N) is 2. The van der Waals surface area contributed by atoms with Crippen molar-refractivity contribution in [1.82, 2.24) is 24.9 Å². The summed E-state index contributed by atoms with van der Waals surface area (Å²) in [6.45, 7) is 1.80. The van der Waals surface area contributed by atoms with E-state index in [1.807, 2.05) is 36.5 Å². The average molecular weight is 379 g/mol. The molecule has 1 spiro atoms. The first kappa shape index (κ1) is 17.0. The van der Waals surface area contributed by atoms with E-state index in [0.29, 0.717) is 43.9 Å². The molecule has 1 amide bonds. The summed E-state index contributed by atoms with van der Waals surface area (Å²) >= 11 is 0. The van der Waals surface area contributed by atoms with Crippen LogP contribution in [0, 0.1) is 0 Å². The van der Waals surface area contributed by atoms with Crippen molar-refractivity contribution >= 4 is 5.91 Å². The normalized spacial score (nSPS) is 18.2. The Morgan fingerprint density at radius 2 is 1.96 bits per heavy atom. The smallest absolute Gasteiger partial charge is 0.271 e. The molecule has 8 heteroatoms. The zero-order valence-electron chi connectivity index (χ0n) is 15.4. The van der Waals surface area contributed by atoms with Crippen molar-refractivity contribution in [3.8, 4) is 5.69 Å². The highest BCUT2D eigenvalue weighted by molar-refractivity contribution is 5.92. The van der Waals surface area contributed by atoms with Gasteiger partial charge < -0.3 is 9.64 Å². The molecule has 2 aliphatic heterocycles. The fourth-order valence-corrected chi connectivity index (χ4v) is 4.23. The van der Waals surface area contributed by atoms with E-state index in [1.54, 1.807) is 4.90 Å². The molecule has 5 rings (SSSR count). The van der Waals surface area contributed by atoms with Crippen LogP contribution in [0.25, 0.3) is 5.69 Å². The SMILES string of the molecule is O=C(c1cc(=O)n(-c2ccccc2)[nH]1)N1CCC2(CC1)OCCc1cn[nH]c12. The first-order chi connectivity index (χ1) is 13.7. The first-order valence-electron chi connectivity index (χ1n) is 9.50. The number of amides is 1. The number of aromatic nitrogens is 4. The minimum Gasteiger partial charge on any atom is -0.368 e. The predicted octanol–water partition coefficient (Wildman–Crippen LogP) is 1.59. The zero-order chi connectivity index (χ0) is 19.1. The van der Waals surface area contributed by atoms with Gasteiger partial charge in [0.2, 0.25) is 0 Å². The number of likely N-dealkylation sites (tertiary alicyclic amines) is 1. The van der Waals surface area contributed by atoms with Gasteiger partial charge in [-0.15, -0.1) is 0 Å². The van der Waals surface area contributed by atoms with Crippen LogP contribution in [0.4, 0.5) is 0 Å². The van der Waals surface area contributed by atoms with Crippen LogP contribution in [0.1, 0.15) is 34.6 Å². The van der Waals surface area contributed by atoms with Crippen LogP contribution in [0.2, 0.25) is 0 Å². The molecule has 3 aromatic rings. The third-order valence-electron chi connectivity index (χ3n) is 5.75. The Labute approximate surface area is 161 Å². The Morgan fingerprint density at radius 3 is 2.75 bits per heavy atom. The van der Waals surface area contributed by atoms with Crippen molar-refractivity contribution in [3.05, 3.63) is 69.9 Å². The molecule has 0 unspecified atom stereocenters. The number of H-pyrrole nitrogens is 2. The number of carbonyl (C=O) groups excluding carboxylic acids is 1. The monoisotopic (exact) mass is 379 g/mol. The van der Waals surface area contributed by atoms with E-state index < -0.39 is 0 Å². The largest absolute Gasteiger partial charge is 0.368 e. The molecule has 1 saturated heterocycles. The van der Waals surface area contributed by atoms with Gasteiger partial charge in [-0.05, 0) is 37.0 Å². The maximum Gasteiger partial charge on any atom is 0.271 e. The van der Waals surface area contributed by atoms with Gasteiger partial charge in [0.25, 0.3) is 11.5 Å². The topological polar surface area (TPSA) is 96.0 Å². The Morgan fingerprint density at radius 1 is 1.18 bits per heavy atom. The highest BCUT2D eigenvalue weighted by Crippen LogP contribution is 2.40. The van der Waals surface area contributed by atoms with Gasteiger partial charge in [-0.3, -0.25) is 19.8 Å². The molecule has 0 bridgehead atoms. The van der Waals surface area contributed by atoms with E-state index in [-0.39, 0.29) is 17.1 Å². The number of rotatable bonds is 2. The van der Waals surface area contributed by atoms with Gasteiger partial charge in [-0.2, -0.15) is 5.10 Å². The molecule has 0 radical (unpaired) electrons. The van der Waals surface area contributed by atoms with Crippen LogP contribution >= 0.6 is 0 Å². The van der Waals surface area contributed by atoms with E-state index in [2.05, 4.69) is 15.3 Å². The molecule has 8 nitrogen and oxygen atoms in total. The van der Waals surface area contributed by atoms with E-state index >= 15 is 0 Å². The molecule has 0 atom stereocenters. The molecule has 0 saturated carbocycles. The number of para-hydroxylation sites is 1. The van der Waals surface area contributed by atoms with Crippen LogP contribution in [0.15, 0.2) is 47.4 Å². The van der Waals surface area contributed by atoms with E-state index in [4.69, 9.17) is 4.74 Å². The molecule has 4 heterocycles. The lowest BCUT2D eigenvalue weighted by atomic mass is 9.83. The Hall–Kier alpha value is -3.13. The number of piperidine rings is 1. The summed E-state index contributed by atoms with van der Waals surface area (Å²) in [6.07, 6.45) is 4.15. The Bertz CT molecular complexity index is 1060. The minimum atomic E-state index is -0.385. The van der Waals surface area contributed by atoms with Crippen molar-refractivity contribution in [2.24, 2.45) is 0 Å². The van der Waals surface area contributed by atoms with Crippen LogP contribution in [0.5, 0.6) is 0 Å². The zero-order valence-corrected chi connectivity index (χ0v) is 15.4. The lowest BCUT2D eigenvalue weighted by Gasteiger charge is -2.43. The number of fused-ring (bicyclic) bond motifs is 2. The van der Waals surface area contributed by atoms with Gasteiger partial charge in [0.15, 0.2) is 0 Å². The lowest BCUT2D eigenvalue weighted by Crippen LogP contribution is -2.48. The number of hydrogen-bond acceptors (Lipinski definition) is 4. The van der Waals surface area contributed by atoms with Gasteiger partial charge in [0.05, 0.1) is 24.2 Å². The second-order valence-corrected chi connectivity index (χ2v) is 7.33. The second-order valence-electron chi connectivity index (χ2n) is 7.33. The van der Waals surface area contributed by atoms with Crippen LogP contribution in [-0.4, -0.2) is 50.5 Å². The van der Waals surface area contributed by atoms with Gasteiger partial charge in [0, 0.05) is 19.2 Å². The van der Waals surface area contributed by atoms with Crippen molar-refractivity contribution < 1.29 is 9.53 Å². The fourth-order valence-electron chi connectivity index (χ4n) is 4.23. The molecule has 1 aromatic carbocycles. The van der Waals surface area contributed by atoms with Gasteiger partial charge >= 0.3 is 0 Å². The predicted molar refractivity (Wildman–Crippen MR) is 101 cm³/mol. The summed E-state index contributed by atoms with van der Waals surface area (Å²) < 4.78 is 7.52. The van der Waals surface area contributed by atoms with Crippen LogP contribution in [0.3, 0.4) is 0 Å². The van der Waals surface area contributed by atoms with Crippen molar-refractivity contribution in [3.63, 3.8) is 0 Å². The van der Waals surface area contributed by atoms with Crippen molar-refractivity contribution in [2.75, 3.05) is 19.7 Å². The summed E-state index contributed by atoms with van der Waals surface area (Å²) in [5, 5.41) is 10.2. The van der Waals surface area contributed by atoms with E-state index in [1.165, 1.54) is 16.3 Å². The summed E-state index contributed by atoms with van der Waals surface area (Å²) in [5.74, 6) is -0.165. The highest BCUT2D eigenvalue weighted by Gasteiger charge is 2.43. The molecule has 1 fully saturated rings. The summed E-state index contributed by atoms with van der Waals surface area (Å²) in [7, 11) is 0. The number of nitrogens with zero attached hydrogens (tertiary/aromatic N) is 3. The third kappa shape index (κ3) is 2.68. The molecule has 2 aromatic heterocycles. The molecule has 0 aliphatic carbocycles. The maximum absolute atomic E-state index is 12.9. The maximum atomic E-state index is 12.9. The van der Waals surface area contributed by atoms with Crippen molar-refractivity contribution in [1.29, 1.82) is 0 Å². The standard InChI is InChI=1S/C20H21N5O3/c26-17-12-16(23-25(17)15-4-2-1-3-5-15)19(27)24-9-7-20(8-10-24)18-14(6-11-28-20)13-21-22-18/h1-5,12-13,23H,6-11H2,(H,21,22). The minimum absolute atomic E-state index is 0.165. The highest BCUT2D eigenvalue weighted by atomic mass is 16.5. The number of hydrogen-bond donors (Lipinski definition) is 2. The molecule has 28 heavy (non-hydrogen) atoms. The molecule has 144 valence electrons. The van der Waals surface area contributed by atoms with Crippen LogP contribution < -0.4 is 5.56 Å². The number of ether oxygens (including phenoxy) is 1. The average Bonchev–Trinajstić information content (AvgIpc) is 3.36. The number of benzene rings is 1. The van der Waals surface area contributed by atoms with Crippen molar-refractivity contribution in [2.45, 2.75) is 24.9 Å². The first-order valence-corrected chi connectivity index (χ1v) is 9.50. The van der Waals surface area contributed by atoms with E-state index in [0.717, 1.165) is 12.1 Å². The summed E-state index contributed by atoms with van der Waals surface area (Å²) in [6, 6.07) is 10.6. The fraction of sp³-hybridized carbons (Fsp3) is 0.350. The number of carbonyl (C=O) groups is 1. The summed E-state index contributed by atoms with van der Waals surface area (Å²) in [4.78, 5) is 27.0. The van der Waals surface area contributed by atoms with E-state index in [9.17, 15) is 9.59 Å². The molecular weight excluding hydrogens is 358 g/mol. The lowest BCUT2D eigenvalue weighted by molar-refractivity contribution is -0.0962. The molecular formula is C20H21N5O3. The quantitative estimate of drug-likeness (QED) is 0.707. The van der Waals surface area contributed by atoms with Gasteiger partial charge in [-0.25, -0.2) is 4.68 Å². The summed E-state index contributed by atoms with van der Waals surface area (Å²) in [5.41, 5.74) is 2.62. The van der Waals surface area contributed by atoms with Gasteiger partial charge in [-0.1, -0.05) is 18.2 Å².